The third-order valence-corrected chi connectivity index (χ3v) is 4.27. The van der Waals surface area contributed by atoms with Gasteiger partial charge in [-0.05, 0) is 44.4 Å². The van der Waals surface area contributed by atoms with E-state index < -0.39 is 0 Å². The summed E-state index contributed by atoms with van der Waals surface area (Å²) in [5.41, 5.74) is 0. The van der Waals surface area contributed by atoms with Crippen LogP contribution in [0.2, 0.25) is 0 Å². The minimum absolute atomic E-state index is 0.498. The van der Waals surface area contributed by atoms with Crippen LogP contribution in [0.5, 0.6) is 0 Å². The van der Waals surface area contributed by atoms with Gasteiger partial charge in [0.15, 0.2) is 0 Å². The van der Waals surface area contributed by atoms with Gasteiger partial charge in [0.2, 0.25) is 0 Å². The van der Waals surface area contributed by atoms with Gasteiger partial charge >= 0.3 is 0 Å². The van der Waals surface area contributed by atoms with Gasteiger partial charge in [0.25, 0.3) is 0 Å². The molecule has 5 nitrogen and oxygen atoms in total. The van der Waals surface area contributed by atoms with E-state index >= 15 is 0 Å². The molecule has 1 N–H and O–H groups in total. The van der Waals surface area contributed by atoms with Crippen molar-refractivity contribution in [2.45, 2.75) is 44.8 Å². The van der Waals surface area contributed by atoms with Gasteiger partial charge in [-0.1, -0.05) is 6.07 Å². The van der Waals surface area contributed by atoms with E-state index in [4.69, 9.17) is 0 Å². The number of anilines is 1. The predicted molar refractivity (Wildman–Crippen MR) is 88.9 cm³/mol. The average Bonchev–Trinajstić information content (AvgIpc) is 3.08. The van der Waals surface area contributed by atoms with E-state index in [-0.39, 0.29) is 0 Å². The van der Waals surface area contributed by atoms with Crippen LogP contribution in [-0.4, -0.2) is 39.9 Å². The van der Waals surface area contributed by atoms with Crippen LogP contribution in [0.1, 0.15) is 26.2 Å². The standard InChI is InChI=1S/C17H25N5/c1-15(8-13-22-12-5-10-19-22)20-16-6-4-11-21(14-16)17-7-2-3-9-18-17/h2-3,5,7,9-10,12,15-16,20H,4,6,8,11,13-14H2,1H3. The fourth-order valence-corrected chi connectivity index (χ4v) is 3.11. The van der Waals surface area contributed by atoms with Crippen molar-refractivity contribution in [2.75, 3.05) is 18.0 Å². The molecule has 5 heteroatoms. The number of piperidine rings is 1. The molecule has 2 aromatic rings. The Kier molecular flexibility index (Phi) is 5.06. The minimum Gasteiger partial charge on any atom is -0.355 e. The molecule has 0 aliphatic carbocycles. The lowest BCUT2D eigenvalue weighted by Crippen LogP contribution is -2.48. The summed E-state index contributed by atoms with van der Waals surface area (Å²) < 4.78 is 2.00. The third-order valence-electron chi connectivity index (χ3n) is 4.27. The molecular weight excluding hydrogens is 274 g/mol. The van der Waals surface area contributed by atoms with E-state index in [9.17, 15) is 0 Å². The van der Waals surface area contributed by atoms with Crippen molar-refractivity contribution >= 4 is 5.82 Å². The Morgan fingerprint density at radius 1 is 1.32 bits per heavy atom. The number of nitrogens with zero attached hydrogens (tertiary/aromatic N) is 4. The SMILES string of the molecule is CC(CCn1cccn1)NC1CCCN(c2ccccn2)C1. The fraction of sp³-hybridized carbons (Fsp3) is 0.529. The lowest BCUT2D eigenvalue weighted by atomic mass is 10.0. The molecule has 1 saturated heterocycles. The molecule has 118 valence electrons. The second-order valence-electron chi connectivity index (χ2n) is 6.10. The summed E-state index contributed by atoms with van der Waals surface area (Å²) in [7, 11) is 0. The van der Waals surface area contributed by atoms with Crippen molar-refractivity contribution in [2.24, 2.45) is 0 Å². The second-order valence-corrected chi connectivity index (χ2v) is 6.10. The van der Waals surface area contributed by atoms with Gasteiger partial charge in [0.1, 0.15) is 5.82 Å². The van der Waals surface area contributed by atoms with Crippen LogP contribution in [-0.2, 0) is 6.54 Å². The molecule has 1 aliphatic heterocycles. The monoisotopic (exact) mass is 299 g/mol. The summed E-state index contributed by atoms with van der Waals surface area (Å²) in [5, 5.41) is 8.03. The molecule has 3 heterocycles. The number of hydrogen-bond donors (Lipinski definition) is 1. The summed E-state index contributed by atoms with van der Waals surface area (Å²) in [4.78, 5) is 6.86. The van der Waals surface area contributed by atoms with Crippen LogP contribution in [0.4, 0.5) is 5.82 Å². The van der Waals surface area contributed by atoms with E-state index in [2.05, 4.69) is 39.4 Å². The van der Waals surface area contributed by atoms with Crippen LogP contribution in [0.3, 0.4) is 0 Å². The molecule has 22 heavy (non-hydrogen) atoms. The van der Waals surface area contributed by atoms with Gasteiger partial charge in [-0.2, -0.15) is 5.10 Å². The summed E-state index contributed by atoms with van der Waals surface area (Å²) >= 11 is 0. The quantitative estimate of drug-likeness (QED) is 0.889. The van der Waals surface area contributed by atoms with Crippen molar-refractivity contribution in [3.8, 4) is 0 Å². The first-order valence-electron chi connectivity index (χ1n) is 8.21. The van der Waals surface area contributed by atoms with Crippen LogP contribution in [0.15, 0.2) is 42.9 Å². The molecule has 0 saturated carbocycles. The van der Waals surface area contributed by atoms with Gasteiger partial charge in [0, 0.05) is 50.3 Å². The molecule has 2 unspecified atom stereocenters. The smallest absolute Gasteiger partial charge is 0.128 e. The number of rotatable bonds is 6. The highest BCUT2D eigenvalue weighted by Gasteiger charge is 2.21. The number of aromatic nitrogens is 3. The van der Waals surface area contributed by atoms with Crippen molar-refractivity contribution in [1.82, 2.24) is 20.1 Å². The summed E-state index contributed by atoms with van der Waals surface area (Å²) in [6.07, 6.45) is 9.30. The average molecular weight is 299 g/mol. The number of pyridine rings is 1. The van der Waals surface area contributed by atoms with Gasteiger partial charge in [-0.15, -0.1) is 0 Å². The summed E-state index contributed by atoms with van der Waals surface area (Å²) in [6, 6.07) is 9.15. The molecule has 1 fully saturated rings. The van der Waals surface area contributed by atoms with Gasteiger partial charge < -0.3 is 10.2 Å². The van der Waals surface area contributed by atoms with Crippen LogP contribution < -0.4 is 10.2 Å². The van der Waals surface area contributed by atoms with Gasteiger partial charge in [-0.25, -0.2) is 4.98 Å². The molecular formula is C17H25N5. The molecule has 2 atom stereocenters. The third kappa shape index (κ3) is 4.07. The maximum Gasteiger partial charge on any atom is 0.128 e. The Hall–Kier alpha value is -1.88. The Balaban J connectivity index is 1.47. The number of hydrogen-bond acceptors (Lipinski definition) is 4. The molecule has 0 aromatic carbocycles. The lowest BCUT2D eigenvalue weighted by Gasteiger charge is -2.35. The largest absolute Gasteiger partial charge is 0.355 e. The molecule has 0 amide bonds. The Bertz CT molecular complexity index is 539. The minimum atomic E-state index is 0.498. The maximum absolute atomic E-state index is 4.47. The van der Waals surface area contributed by atoms with Crippen molar-refractivity contribution in [1.29, 1.82) is 0 Å². The van der Waals surface area contributed by atoms with Gasteiger partial charge in [-0.3, -0.25) is 4.68 Å². The predicted octanol–water partition coefficient (Wildman–Crippen LogP) is 2.32. The molecule has 0 radical (unpaired) electrons. The second kappa shape index (κ2) is 7.40. The number of nitrogens with one attached hydrogen (secondary N) is 1. The normalized spacial score (nSPS) is 20.0. The van der Waals surface area contributed by atoms with Gasteiger partial charge in [0.05, 0.1) is 0 Å². The summed E-state index contributed by atoms with van der Waals surface area (Å²) in [5.74, 6) is 1.10. The van der Waals surface area contributed by atoms with E-state index in [0.29, 0.717) is 12.1 Å². The molecule has 0 spiro atoms. The molecule has 0 bridgehead atoms. The zero-order valence-electron chi connectivity index (χ0n) is 13.2. The lowest BCUT2D eigenvalue weighted by molar-refractivity contribution is 0.360. The van der Waals surface area contributed by atoms with Crippen LogP contribution in [0, 0.1) is 0 Å². The first-order chi connectivity index (χ1) is 10.8. The Morgan fingerprint density at radius 3 is 3.05 bits per heavy atom. The van der Waals surface area contributed by atoms with E-state index in [1.165, 1.54) is 12.8 Å². The zero-order valence-corrected chi connectivity index (χ0v) is 13.2. The highest BCUT2D eigenvalue weighted by molar-refractivity contribution is 5.38. The van der Waals surface area contributed by atoms with E-state index in [0.717, 1.165) is 31.9 Å². The van der Waals surface area contributed by atoms with E-state index in [1.807, 2.05) is 35.4 Å². The summed E-state index contributed by atoms with van der Waals surface area (Å²) in [6.45, 7) is 5.39. The molecule has 2 aromatic heterocycles. The van der Waals surface area contributed by atoms with Crippen molar-refractivity contribution in [3.63, 3.8) is 0 Å². The van der Waals surface area contributed by atoms with E-state index in [1.54, 1.807) is 0 Å². The molecule has 1 aliphatic rings. The Labute approximate surface area is 132 Å². The first-order valence-corrected chi connectivity index (χ1v) is 8.21. The van der Waals surface area contributed by atoms with Crippen LogP contribution in [0.25, 0.3) is 0 Å². The maximum atomic E-state index is 4.47. The highest BCUT2D eigenvalue weighted by Crippen LogP contribution is 2.17. The Morgan fingerprint density at radius 2 is 2.27 bits per heavy atom. The zero-order chi connectivity index (χ0) is 15.2. The van der Waals surface area contributed by atoms with Crippen molar-refractivity contribution < 1.29 is 0 Å². The van der Waals surface area contributed by atoms with Crippen molar-refractivity contribution in [3.05, 3.63) is 42.9 Å². The van der Waals surface area contributed by atoms with Crippen LogP contribution >= 0.6 is 0 Å². The number of aryl methyl sites for hydroxylation is 1. The highest BCUT2D eigenvalue weighted by atomic mass is 15.3. The topological polar surface area (TPSA) is 46.0 Å². The fourth-order valence-electron chi connectivity index (χ4n) is 3.11. The molecule has 3 rings (SSSR count). The first kappa shape index (κ1) is 15.0.